The fourth-order valence-electron chi connectivity index (χ4n) is 1.87. The van der Waals surface area contributed by atoms with Crippen LogP contribution in [0.25, 0.3) is 0 Å². The number of rotatable bonds is 4. The van der Waals surface area contributed by atoms with Crippen LogP contribution in [0.5, 0.6) is 0 Å². The topological polar surface area (TPSA) is 80.0 Å². The van der Waals surface area contributed by atoms with Crippen LogP contribution in [0.1, 0.15) is 34.7 Å². The molecule has 0 saturated carbocycles. The van der Waals surface area contributed by atoms with E-state index in [2.05, 4.69) is 15.4 Å². The van der Waals surface area contributed by atoms with Crippen LogP contribution < -0.4 is 5.32 Å². The Morgan fingerprint density at radius 1 is 1.47 bits per heavy atom. The number of carboxylic acids is 1. The quantitative estimate of drug-likeness (QED) is 0.878. The summed E-state index contributed by atoms with van der Waals surface area (Å²) in [7, 11) is 1.88. The fraction of sp³-hybridized carbons (Fsp3) is 0.308. The van der Waals surface area contributed by atoms with E-state index in [1.807, 2.05) is 20.9 Å². The van der Waals surface area contributed by atoms with Crippen LogP contribution in [-0.4, -0.2) is 25.8 Å². The van der Waals surface area contributed by atoms with Crippen molar-refractivity contribution in [2.45, 2.75) is 19.9 Å². The molecule has 1 unspecified atom stereocenters. The number of pyridine rings is 1. The van der Waals surface area contributed by atoms with Crippen LogP contribution in [0.2, 0.25) is 0 Å². The zero-order valence-corrected chi connectivity index (χ0v) is 11.1. The van der Waals surface area contributed by atoms with E-state index in [4.69, 9.17) is 5.11 Å². The SMILES string of the molecule is Cc1c(C(C)Nc2cccc(C(=O)O)n2)cnn1C. The predicted octanol–water partition coefficient (Wildman–Crippen LogP) is 1.99. The van der Waals surface area contributed by atoms with Crippen LogP contribution in [0.4, 0.5) is 5.82 Å². The summed E-state index contributed by atoms with van der Waals surface area (Å²) in [4.78, 5) is 14.9. The van der Waals surface area contributed by atoms with Crippen molar-refractivity contribution in [1.82, 2.24) is 14.8 Å². The fourth-order valence-corrected chi connectivity index (χ4v) is 1.87. The molecule has 0 bridgehead atoms. The summed E-state index contributed by atoms with van der Waals surface area (Å²) in [6.45, 7) is 3.97. The Morgan fingerprint density at radius 3 is 2.79 bits per heavy atom. The lowest BCUT2D eigenvalue weighted by Crippen LogP contribution is -2.10. The standard InChI is InChI=1S/C13H16N4O2/c1-8(10-7-14-17(3)9(10)2)15-12-6-4-5-11(16-12)13(18)19/h4-8H,1-3H3,(H,15,16)(H,18,19). The van der Waals surface area contributed by atoms with Crippen LogP contribution >= 0.6 is 0 Å². The number of anilines is 1. The number of nitrogens with one attached hydrogen (secondary N) is 1. The number of aromatic carboxylic acids is 1. The van der Waals surface area contributed by atoms with E-state index >= 15 is 0 Å². The third kappa shape index (κ3) is 2.73. The predicted molar refractivity (Wildman–Crippen MR) is 71.2 cm³/mol. The summed E-state index contributed by atoms with van der Waals surface area (Å²) < 4.78 is 1.80. The lowest BCUT2D eigenvalue weighted by Gasteiger charge is -2.14. The highest BCUT2D eigenvalue weighted by Gasteiger charge is 2.13. The maximum atomic E-state index is 10.9. The Balaban J connectivity index is 2.19. The highest BCUT2D eigenvalue weighted by atomic mass is 16.4. The molecule has 0 aliphatic rings. The van der Waals surface area contributed by atoms with E-state index in [1.165, 1.54) is 6.07 Å². The summed E-state index contributed by atoms with van der Waals surface area (Å²) in [5, 5.41) is 16.3. The van der Waals surface area contributed by atoms with Gasteiger partial charge in [0, 0.05) is 18.3 Å². The first-order valence-corrected chi connectivity index (χ1v) is 5.94. The minimum absolute atomic E-state index is 0.00486. The van der Waals surface area contributed by atoms with Gasteiger partial charge >= 0.3 is 5.97 Å². The highest BCUT2D eigenvalue weighted by molar-refractivity contribution is 5.85. The van der Waals surface area contributed by atoms with Gasteiger partial charge in [0.25, 0.3) is 0 Å². The van der Waals surface area contributed by atoms with Crippen molar-refractivity contribution < 1.29 is 9.90 Å². The monoisotopic (exact) mass is 260 g/mol. The third-order valence-electron chi connectivity index (χ3n) is 3.07. The molecule has 2 N–H and O–H groups in total. The largest absolute Gasteiger partial charge is 0.477 e. The van der Waals surface area contributed by atoms with Gasteiger partial charge in [-0.05, 0) is 26.0 Å². The molecule has 0 amide bonds. The van der Waals surface area contributed by atoms with Gasteiger partial charge in [-0.3, -0.25) is 4.68 Å². The molecule has 6 heteroatoms. The number of aromatic nitrogens is 3. The molecule has 0 aliphatic heterocycles. The molecule has 0 fully saturated rings. The second-order valence-electron chi connectivity index (χ2n) is 4.39. The van der Waals surface area contributed by atoms with Gasteiger partial charge in [0.15, 0.2) is 5.69 Å². The minimum Gasteiger partial charge on any atom is -0.477 e. The third-order valence-corrected chi connectivity index (χ3v) is 3.07. The molecule has 2 aromatic rings. The molecule has 0 saturated heterocycles. The summed E-state index contributed by atoms with van der Waals surface area (Å²) in [5.74, 6) is -0.496. The summed E-state index contributed by atoms with van der Waals surface area (Å²) >= 11 is 0. The lowest BCUT2D eigenvalue weighted by molar-refractivity contribution is 0.0690. The van der Waals surface area contributed by atoms with E-state index in [0.717, 1.165) is 11.3 Å². The minimum atomic E-state index is -1.03. The summed E-state index contributed by atoms with van der Waals surface area (Å²) in [6, 6.07) is 4.88. The first-order valence-electron chi connectivity index (χ1n) is 5.94. The Bertz CT molecular complexity index is 606. The van der Waals surface area contributed by atoms with Crippen LogP contribution in [0.3, 0.4) is 0 Å². The first kappa shape index (κ1) is 13.1. The molecule has 6 nitrogen and oxygen atoms in total. The number of hydrogen-bond donors (Lipinski definition) is 2. The second kappa shape index (κ2) is 5.09. The second-order valence-corrected chi connectivity index (χ2v) is 4.39. The van der Waals surface area contributed by atoms with Crippen molar-refractivity contribution in [3.05, 3.63) is 41.3 Å². The number of carbonyl (C=O) groups is 1. The Hall–Kier alpha value is -2.37. The van der Waals surface area contributed by atoms with Crippen LogP contribution in [0.15, 0.2) is 24.4 Å². The molecule has 2 aromatic heterocycles. The number of aryl methyl sites for hydroxylation is 1. The molecule has 100 valence electrons. The molecule has 0 aromatic carbocycles. The molecular formula is C13H16N4O2. The molecule has 1 atom stereocenters. The zero-order valence-electron chi connectivity index (χ0n) is 11.1. The summed E-state index contributed by atoms with van der Waals surface area (Å²) in [6.07, 6.45) is 1.80. The van der Waals surface area contributed by atoms with Gasteiger partial charge < -0.3 is 10.4 Å². The molecule has 2 rings (SSSR count). The van der Waals surface area contributed by atoms with Crippen LogP contribution in [0, 0.1) is 6.92 Å². The molecule has 0 spiro atoms. The Kier molecular flexibility index (Phi) is 3.50. The average Bonchev–Trinajstić information content (AvgIpc) is 2.70. The highest BCUT2D eigenvalue weighted by Crippen LogP contribution is 2.20. The van der Waals surface area contributed by atoms with E-state index < -0.39 is 5.97 Å². The van der Waals surface area contributed by atoms with Crippen molar-refractivity contribution in [1.29, 1.82) is 0 Å². The smallest absolute Gasteiger partial charge is 0.354 e. The maximum Gasteiger partial charge on any atom is 0.354 e. The van der Waals surface area contributed by atoms with E-state index in [9.17, 15) is 4.79 Å². The number of hydrogen-bond acceptors (Lipinski definition) is 4. The van der Waals surface area contributed by atoms with Gasteiger partial charge in [-0.25, -0.2) is 9.78 Å². The number of nitrogens with zero attached hydrogens (tertiary/aromatic N) is 3. The molecule has 0 aliphatic carbocycles. The summed E-state index contributed by atoms with van der Waals surface area (Å²) in [5.41, 5.74) is 2.15. The van der Waals surface area contributed by atoms with Gasteiger partial charge in [0.05, 0.1) is 12.2 Å². The Labute approximate surface area is 111 Å². The maximum absolute atomic E-state index is 10.9. The van der Waals surface area contributed by atoms with E-state index in [0.29, 0.717) is 5.82 Å². The van der Waals surface area contributed by atoms with Crippen molar-refractivity contribution in [3.8, 4) is 0 Å². The van der Waals surface area contributed by atoms with Crippen molar-refractivity contribution in [3.63, 3.8) is 0 Å². The average molecular weight is 260 g/mol. The van der Waals surface area contributed by atoms with Gasteiger partial charge in [0.1, 0.15) is 5.82 Å². The molecule has 0 radical (unpaired) electrons. The van der Waals surface area contributed by atoms with Gasteiger partial charge in [-0.1, -0.05) is 6.07 Å². The normalized spacial score (nSPS) is 12.2. The zero-order chi connectivity index (χ0) is 14.0. The van der Waals surface area contributed by atoms with Gasteiger partial charge in [-0.15, -0.1) is 0 Å². The van der Waals surface area contributed by atoms with Gasteiger partial charge in [-0.2, -0.15) is 5.10 Å². The Morgan fingerprint density at radius 2 is 2.21 bits per heavy atom. The first-order chi connectivity index (χ1) is 8.99. The van der Waals surface area contributed by atoms with E-state index in [1.54, 1.807) is 23.0 Å². The molecular weight excluding hydrogens is 244 g/mol. The molecule has 19 heavy (non-hydrogen) atoms. The van der Waals surface area contributed by atoms with Crippen LogP contribution in [-0.2, 0) is 7.05 Å². The van der Waals surface area contributed by atoms with E-state index in [-0.39, 0.29) is 11.7 Å². The van der Waals surface area contributed by atoms with Crippen molar-refractivity contribution in [2.24, 2.45) is 7.05 Å². The lowest BCUT2D eigenvalue weighted by atomic mass is 10.1. The van der Waals surface area contributed by atoms with Crippen molar-refractivity contribution in [2.75, 3.05) is 5.32 Å². The molecule has 2 heterocycles. The number of carboxylic acid groups (broad SMARTS) is 1. The van der Waals surface area contributed by atoms with Crippen molar-refractivity contribution >= 4 is 11.8 Å². The van der Waals surface area contributed by atoms with Gasteiger partial charge in [0.2, 0.25) is 0 Å².